The van der Waals surface area contributed by atoms with E-state index in [-0.39, 0.29) is 18.0 Å². The monoisotopic (exact) mass is 426 g/mol. The topological polar surface area (TPSA) is 32.3 Å². The Kier molecular flexibility index (Phi) is 6.64. The van der Waals surface area contributed by atoms with E-state index in [9.17, 15) is 4.79 Å². The van der Waals surface area contributed by atoms with Crippen molar-refractivity contribution in [1.82, 2.24) is 0 Å². The van der Waals surface area contributed by atoms with Gasteiger partial charge in [-0.25, -0.2) is 0 Å². The van der Waals surface area contributed by atoms with Gasteiger partial charge in [0.1, 0.15) is 0 Å². The molecule has 0 unspecified atom stereocenters. The Morgan fingerprint density at radius 3 is 2.41 bits per heavy atom. The van der Waals surface area contributed by atoms with E-state index < -0.39 is 0 Å². The first-order chi connectivity index (χ1) is 15.5. The third kappa shape index (κ3) is 4.43. The zero-order chi connectivity index (χ0) is 22.7. The molecule has 1 amide bonds. The zero-order valence-electron chi connectivity index (χ0n) is 19.7. The molecule has 0 saturated heterocycles. The molecule has 32 heavy (non-hydrogen) atoms. The van der Waals surface area contributed by atoms with Crippen molar-refractivity contribution in [2.45, 2.75) is 65.5 Å². The molecule has 0 aliphatic carbocycles. The summed E-state index contributed by atoms with van der Waals surface area (Å²) >= 11 is 0. The lowest BCUT2D eigenvalue weighted by Gasteiger charge is -2.41. The Morgan fingerprint density at radius 1 is 0.969 bits per heavy atom. The Morgan fingerprint density at radius 2 is 1.69 bits per heavy atom. The molecule has 1 aliphatic heterocycles. The van der Waals surface area contributed by atoms with Crippen molar-refractivity contribution < 1.29 is 4.79 Å². The van der Waals surface area contributed by atoms with E-state index >= 15 is 0 Å². The largest absolute Gasteiger partial charge is 0.378 e. The number of amides is 1. The first-order valence-electron chi connectivity index (χ1n) is 11.8. The number of anilines is 2. The van der Waals surface area contributed by atoms with Crippen LogP contribution in [0.5, 0.6) is 0 Å². The van der Waals surface area contributed by atoms with Crippen LogP contribution in [0.4, 0.5) is 11.4 Å². The number of nitrogens with zero attached hydrogens (tertiary/aromatic N) is 1. The fourth-order valence-electron chi connectivity index (χ4n) is 4.78. The Labute approximate surface area is 192 Å². The number of rotatable bonds is 6. The van der Waals surface area contributed by atoms with Gasteiger partial charge in [0, 0.05) is 17.3 Å². The van der Waals surface area contributed by atoms with E-state index in [4.69, 9.17) is 0 Å². The number of hydrogen-bond acceptors (Lipinski definition) is 2. The van der Waals surface area contributed by atoms with Crippen molar-refractivity contribution in [3.63, 3.8) is 0 Å². The maximum atomic E-state index is 13.7. The van der Waals surface area contributed by atoms with Gasteiger partial charge in [-0.05, 0) is 80.5 Å². The maximum absolute atomic E-state index is 13.7. The van der Waals surface area contributed by atoms with Crippen molar-refractivity contribution in [3.8, 4) is 0 Å². The molecule has 2 atom stereocenters. The number of benzene rings is 3. The minimum absolute atomic E-state index is 0.0874. The number of unbranched alkanes of at least 4 members (excludes halogenated alkanes) is 1. The SMILES string of the molecule is CCCCc1ccc(C(=O)N2c3c(C)cccc3[C@@H](Nc3ccccc3C)C[C@H]2C)cc1. The van der Waals surface area contributed by atoms with Gasteiger partial charge in [0.25, 0.3) is 5.91 Å². The highest BCUT2D eigenvalue weighted by atomic mass is 16.2. The number of hydrogen-bond donors (Lipinski definition) is 1. The van der Waals surface area contributed by atoms with E-state index in [0.717, 1.165) is 35.3 Å². The van der Waals surface area contributed by atoms with Crippen molar-refractivity contribution in [1.29, 1.82) is 0 Å². The molecule has 0 bridgehead atoms. The normalized spacial score (nSPS) is 17.7. The number of carbonyl (C=O) groups excluding carboxylic acids is 1. The predicted octanol–water partition coefficient (Wildman–Crippen LogP) is 7.24. The maximum Gasteiger partial charge on any atom is 0.258 e. The summed E-state index contributed by atoms with van der Waals surface area (Å²) < 4.78 is 0. The predicted molar refractivity (Wildman–Crippen MR) is 135 cm³/mol. The molecule has 3 heteroatoms. The minimum Gasteiger partial charge on any atom is -0.378 e. The van der Waals surface area contributed by atoms with Crippen molar-refractivity contribution >= 4 is 17.3 Å². The molecule has 1 N–H and O–H groups in total. The lowest BCUT2D eigenvalue weighted by atomic mass is 9.88. The van der Waals surface area contributed by atoms with Crippen LogP contribution in [-0.2, 0) is 6.42 Å². The van der Waals surface area contributed by atoms with Gasteiger partial charge >= 0.3 is 0 Å². The highest BCUT2D eigenvalue weighted by molar-refractivity contribution is 6.07. The zero-order valence-corrected chi connectivity index (χ0v) is 19.7. The van der Waals surface area contributed by atoms with E-state index in [2.05, 4.69) is 87.6 Å². The first kappa shape index (κ1) is 22.1. The summed E-state index contributed by atoms with van der Waals surface area (Å²) in [6.07, 6.45) is 4.29. The Hall–Kier alpha value is -3.07. The number of nitrogens with one attached hydrogen (secondary N) is 1. The van der Waals surface area contributed by atoms with Gasteiger partial charge in [-0.15, -0.1) is 0 Å². The Bertz CT molecular complexity index is 1090. The van der Waals surface area contributed by atoms with Crippen LogP contribution in [0.2, 0.25) is 0 Å². The van der Waals surface area contributed by atoms with Crippen molar-refractivity contribution in [2.75, 3.05) is 10.2 Å². The van der Waals surface area contributed by atoms with Crippen LogP contribution >= 0.6 is 0 Å². The number of carbonyl (C=O) groups is 1. The molecule has 0 radical (unpaired) electrons. The molecule has 3 nitrogen and oxygen atoms in total. The van der Waals surface area contributed by atoms with Crippen LogP contribution < -0.4 is 10.2 Å². The van der Waals surface area contributed by atoms with E-state index in [1.165, 1.54) is 29.5 Å². The van der Waals surface area contributed by atoms with Crippen LogP contribution in [0.1, 0.15) is 71.8 Å². The lowest BCUT2D eigenvalue weighted by Crippen LogP contribution is -2.44. The molecule has 0 spiro atoms. The highest BCUT2D eigenvalue weighted by Gasteiger charge is 2.35. The molecule has 166 valence electrons. The second kappa shape index (κ2) is 9.60. The fraction of sp³-hybridized carbons (Fsp3) is 0.345. The van der Waals surface area contributed by atoms with Crippen LogP contribution in [0, 0.1) is 13.8 Å². The summed E-state index contributed by atoms with van der Waals surface area (Å²) in [7, 11) is 0. The average molecular weight is 427 g/mol. The number of para-hydroxylation sites is 2. The van der Waals surface area contributed by atoms with Gasteiger partial charge in [0.05, 0.1) is 11.7 Å². The van der Waals surface area contributed by atoms with Crippen molar-refractivity contribution in [3.05, 3.63) is 94.5 Å². The van der Waals surface area contributed by atoms with Crippen LogP contribution in [0.15, 0.2) is 66.7 Å². The summed E-state index contributed by atoms with van der Waals surface area (Å²) in [5.41, 5.74) is 7.83. The summed E-state index contributed by atoms with van der Waals surface area (Å²) in [4.78, 5) is 15.7. The second-order valence-electron chi connectivity index (χ2n) is 9.08. The molecule has 1 aliphatic rings. The summed E-state index contributed by atoms with van der Waals surface area (Å²) in [5, 5.41) is 3.75. The molecule has 0 saturated carbocycles. The van der Waals surface area contributed by atoms with E-state index in [1.54, 1.807) is 0 Å². The molecule has 0 fully saturated rings. The van der Waals surface area contributed by atoms with Gasteiger partial charge < -0.3 is 10.2 Å². The summed E-state index contributed by atoms with van der Waals surface area (Å²) in [5.74, 6) is 0.0874. The van der Waals surface area contributed by atoms with Crippen LogP contribution in [0.3, 0.4) is 0 Å². The molecular weight excluding hydrogens is 392 g/mol. The van der Waals surface area contributed by atoms with Crippen LogP contribution in [0.25, 0.3) is 0 Å². The Balaban J connectivity index is 1.66. The van der Waals surface area contributed by atoms with E-state index in [0.29, 0.717) is 0 Å². The molecule has 0 aromatic heterocycles. The third-order valence-corrected chi connectivity index (χ3v) is 6.62. The third-order valence-electron chi connectivity index (χ3n) is 6.62. The first-order valence-corrected chi connectivity index (χ1v) is 11.8. The fourth-order valence-corrected chi connectivity index (χ4v) is 4.78. The van der Waals surface area contributed by atoms with Gasteiger partial charge in [-0.3, -0.25) is 4.79 Å². The number of aryl methyl sites for hydroxylation is 3. The van der Waals surface area contributed by atoms with Crippen LogP contribution in [-0.4, -0.2) is 11.9 Å². The van der Waals surface area contributed by atoms with Gasteiger partial charge in [-0.2, -0.15) is 0 Å². The average Bonchev–Trinajstić information content (AvgIpc) is 2.80. The molecular formula is C29H34N2O. The highest BCUT2D eigenvalue weighted by Crippen LogP contribution is 2.41. The molecule has 3 aromatic rings. The molecule has 4 rings (SSSR count). The van der Waals surface area contributed by atoms with E-state index in [1.807, 2.05) is 17.0 Å². The van der Waals surface area contributed by atoms with Gasteiger partial charge in [0.15, 0.2) is 0 Å². The second-order valence-corrected chi connectivity index (χ2v) is 9.08. The standard InChI is InChI=1S/C29H34N2O/c1-5-6-12-23-15-17-24(18-16-23)29(32)31-22(4)19-27(25-13-9-11-21(3)28(25)31)30-26-14-8-7-10-20(26)2/h7-11,13-18,22,27,30H,5-6,12,19H2,1-4H3/t22-,27+/m1/s1. The quantitative estimate of drug-likeness (QED) is 0.450. The molecule has 3 aromatic carbocycles. The summed E-state index contributed by atoms with van der Waals surface area (Å²) in [6.45, 7) is 8.60. The van der Waals surface area contributed by atoms with Gasteiger partial charge in [0.2, 0.25) is 0 Å². The smallest absolute Gasteiger partial charge is 0.258 e. The molecule has 1 heterocycles. The summed E-state index contributed by atoms with van der Waals surface area (Å²) in [6, 6.07) is 23.2. The lowest BCUT2D eigenvalue weighted by molar-refractivity contribution is 0.0974. The number of fused-ring (bicyclic) bond motifs is 1. The van der Waals surface area contributed by atoms with Crippen molar-refractivity contribution in [2.24, 2.45) is 0 Å². The van der Waals surface area contributed by atoms with Gasteiger partial charge in [-0.1, -0.05) is 61.9 Å². The minimum atomic E-state index is 0.0874.